The van der Waals surface area contributed by atoms with Crippen LogP contribution in [0.25, 0.3) is 0 Å². The van der Waals surface area contributed by atoms with Crippen LogP contribution in [0.3, 0.4) is 0 Å². The molecule has 100 valence electrons. The Bertz CT molecular complexity index is 412. The monoisotopic (exact) mass is 316 g/mol. The number of rotatable bonds is 6. The maximum Gasteiger partial charge on any atom is 0.123 e. The van der Waals surface area contributed by atoms with Gasteiger partial charge in [0.05, 0.1) is 12.1 Å². The Labute approximate surface area is 115 Å². The van der Waals surface area contributed by atoms with Gasteiger partial charge in [-0.15, -0.1) is 0 Å². The van der Waals surface area contributed by atoms with Crippen molar-refractivity contribution in [3.8, 4) is 0 Å². The zero-order valence-corrected chi connectivity index (χ0v) is 11.9. The van der Waals surface area contributed by atoms with Crippen LogP contribution in [-0.2, 0) is 11.2 Å². The Kier molecular flexibility index (Phi) is 4.72. The molecular weight excluding hydrogens is 299 g/mol. The molecule has 0 radical (unpaired) electrons. The van der Waals surface area contributed by atoms with Crippen molar-refractivity contribution in [3.05, 3.63) is 34.1 Å². The van der Waals surface area contributed by atoms with E-state index in [-0.39, 0.29) is 18.0 Å². The van der Waals surface area contributed by atoms with Gasteiger partial charge >= 0.3 is 0 Å². The topological polar surface area (TPSA) is 47.3 Å². The quantitative estimate of drug-likeness (QED) is 0.626. The summed E-state index contributed by atoms with van der Waals surface area (Å²) in [6, 6.07) is 4.69. The summed E-state index contributed by atoms with van der Waals surface area (Å²) in [6.07, 6.45) is 3.09. The first kappa shape index (κ1) is 13.9. The summed E-state index contributed by atoms with van der Waals surface area (Å²) in [4.78, 5) is 0. The van der Waals surface area contributed by atoms with Crippen molar-refractivity contribution in [2.75, 3.05) is 7.11 Å². The molecule has 2 atom stereocenters. The molecule has 2 rings (SSSR count). The molecule has 2 unspecified atom stereocenters. The van der Waals surface area contributed by atoms with E-state index in [9.17, 15) is 4.39 Å². The zero-order valence-electron chi connectivity index (χ0n) is 10.3. The second-order valence-electron chi connectivity index (χ2n) is 4.75. The predicted molar refractivity (Wildman–Crippen MR) is 72.4 cm³/mol. The molecule has 0 saturated heterocycles. The summed E-state index contributed by atoms with van der Waals surface area (Å²) in [5.74, 6) is 5.95. The molecule has 0 aromatic heterocycles. The summed E-state index contributed by atoms with van der Waals surface area (Å²) in [6.45, 7) is 0. The van der Waals surface area contributed by atoms with Crippen molar-refractivity contribution in [1.82, 2.24) is 5.43 Å². The number of hydrazine groups is 1. The van der Waals surface area contributed by atoms with E-state index in [1.807, 2.05) is 0 Å². The molecule has 3 N–H and O–H groups in total. The molecule has 1 fully saturated rings. The van der Waals surface area contributed by atoms with Crippen molar-refractivity contribution < 1.29 is 9.13 Å². The predicted octanol–water partition coefficient (Wildman–Crippen LogP) is 2.39. The Morgan fingerprint density at radius 2 is 2.28 bits per heavy atom. The van der Waals surface area contributed by atoms with Gasteiger partial charge in [0.25, 0.3) is 0 Å². The smallest absolute Gasteiger partial charge is 0.123 e. The minimum atomic E-state index is -0.232. The van der Waals surface area contributed by atoms with Gasteiger partial charge in [0.2, 0.25) is 0 Å². The third-order valence-corrected chi connectivity index (χ3v) is 4.19. The first-order valence-corrected chi connectivity index (χ1v) is 6.88. The summed E-state index contributed by atoms with van der Waals surface area (Å²) in [5, 5.41) is 0. The lowest BCUT2D eigenvalue weighted by atomic mass is 9.98. The maximum atomic E-state index is 13.3. The molecule has 1 aromatic carbocycles. The van der Waals surface area contributed by atoms with Gasteiger partial charge in [-0.3, -0.25) is 11.3 Å². The van der Waals surface area contributed by atoms with Gasteiger partial charge in [0.1, 0.15) is 5.82 Å². The van der Waals surface area contributed by atoms with Crippen LogP contribution < -0.4 is 11.3 Å². The highest BCUT2D eigenvalue weighted by Gasteiger charge is 2.36. The van der Waals surface area contributed by atoms with Crippen LogP contribution in [0.1, 0.15) is 18.4 Å². The Morgan fingerprint density at radius 1 is 1.56 bits per heavy atom. The SMILES string of the molecule is COC(C1CC1)C(Cc1cc(F)ccc1Br)NN. The number of hydrogen-bond acceptors (Lipinski definition) is 3. The highest BCUT2D eigenvalue weighted by atomic mass is 79.9. The molecule has 1 saturated carbocycles. The van der Waals surface area contributed by atoms with Crippen molar-refractivity contribution in [2.45, 2.75) is 31.4 Å². The average Bonchev–Trinajstić information content (AvgIpc) is 3.17. The fourth-order valence-corrected chi connectivity index (χ4v) is 2.73. The number of ether oxygens (including phenoxy) is 1. The lowest BCUT2D eigenvalue weighted by Crippen LogP contribution is -2.47. The van der Waals surface area contributed by atoms with Crippen LogP contribution in [0.5, 0.6) is 0 Å². The van der Waals surface area contributed by atoms with Gasteiger partial charge in [0, 0.05) is 11.6 Å². The molecule has 18 heavy (non-hydrogen) atoms. The third-order valence-electron chi connectivity index (χ3n) is 3.42. The van der Waals surface area contributed by atoms with Gasteiger partial charge in [-0.1, -0.05) is 15.9 Å². The molecule has 0 spiro atoms. The van der Waals surface area contributed by atoms with Crippen LogP contribution >= 0.6 is 15.9 Å². The van der Waals surface area contributed by atoms with Crippen LogP contribution in [0.2, 0.25) is 0 Å². The van der Waals surface area contributed by atoms with Crippen molar-refractivity contribution >= 4 is 15.9 Å². The number of hydrogen-bond donors (Lipinski definition) is 2. The van der Waals surface area contributed by atoms with Crippen molar-refractivity contribution in [3.63, 3.8) is 0 Å². The summed E-state index contributed by atoms with van der Waals surface area (Å²) in [5.41, 5.74) is 3.70. The molecule has 3 nitrogen and oxygen atoms in total. The fourth-order valence-electron chi connectivity index (χ4n) is 2.32. The highest BCUT2D eigenvalue weighted by Crippen LogP contribution is 2.36. The van der Waals surface area contributed by atoms with Gasteiger partial charge in [-0.05, 0) is 48.9 Å². The number of nitrogens with two attached hydrogens (primary N) is 1. The lowest BCUT2D eigenvalue weighted by Gasteiger charge is -2.25. The second kappa shape index (κ2) is 6.10. The van der Waals surface area contributed by atoms with Gasteiger partial charge in [-0.2, -0.15) is 0 Å². The van der Waals surface area contributed by atoms with E-state index in [0.29, 0.717) is 12.3 Å². The van der Waals surface area contributed by atoms with E-state index in [4.69, 9.17) is 10.6 Å². The molecule has 0 aliphatic heterocycles. The van der Waals surface area contributed by atoms with Gasteiger partial charge in [0.15, 0.2) is 0 Å². The Hall–Kier alpha value is -0.490. The molecule has 1 aliphatic carbocycles. The molecule has 1 aromatic rings. The van der Waals surface area contributed by atoms with E-state index in [2.05, 4.69) is 21.4 Å². The number of nitrogens with one attached hydrogen (secondary N) is 1. The van der Waals surface area contributed by atoms with Gasteiger partial charge < -0.3 is 4.74 Å². The van der Waals surface area contributed by atoms with E-state index >= 15 is 0 Å². The van der Waals surface area contributed by atoms with Crippen LogP contribution in [-0.4, -0.2) is 19.3 Å². The molecule has 1 aliphatic rings. The largest absolute Gasteiger partial charge is 0.379 e. The van der Waals surface area contributed by atoms with Crippen LogP contribution in [0.4, 0.5) is 4.39 Å². The summed E-state index contributed by atoms with van der Waals surface area (Å²) in [7, 11) is 1.70. The fraction of sp³-hybridized carbons (Fsp3) is 0.538. The zero-order chi connectivity index (χ0) is 13.1. The molecule has 0 heterocycles. The van der Waals surface area contributed by atoms with E-state index in [1.165, 1.54) is 25.0 Å². The molecule has 0 amide bonds. The summed E-state index contributed by atoms with van der Waals surface area (Å²) < 4.78 is 19.7. The Morgan fingerprint density at radius 3 is 2.83 bits per heavy atom. The molecule has 5 heteroatoms. The molecular formula is C13H18BrFN2O. The maximum absolute atomic E-state index is 13.3. The van der Waals surface area contributed by atoms with Crippen LogP contribution in [0, 0.1) is 11.7 Å². The number of halogens is 2. The van der Waals surface area contributed by atoms with E-state index in [1.54, 1.807) is 13.2 Å². The highest BCUT2D eigenvalue weighted by molar-refractivity contribution is 9.10. The lowest BCUT2D eigenvalue weighted by molar-refractivity contribution is 0.0510. The first-order valence-electron chi connectivity index (χ1n) is 6.08. The van der Waals surface area contributed by atoms with Crippen molar-refractivity contribution in [1.29, 1.82) is 0 Å². The Balaban J connectivity index is 2.11. The third kappa shape index (κ3) is 3.29. The van der Waals surface area contributed by atoms with Gasteiger partial charge in [-0.25, -0.2) is 4.39 Å². The normalized spacial score (nSPS) is 18.7. The van der Waals surface area contributed by atoms with E-state index in [0.717, 1.165) is 10.0 Å². The standard InChI is InChI=1S/C13H18BrFN2O/c1-18-13(8-2-3-8)12(17-16)7-9-6-10(15)4-5-11(9)14/h4-6,8,12-13,17H,2-3,7,16H2,1H3. The second-order valence-corrected chi connectivity index (χ2v) is 5.61. The number of benzene rings is 1. The molecule has 0 bridgehead atoms. The summed E-state index contributed by atoms with van der Waals surface area (Å²) >= 11 is 3.44. The van der Waals surface area contributed by atoms with Crippen molar-refractivity contribution in [2.24, 2.45) is 11.8 Å². The number of methoxy groups -OCH3 is 1. The van der Waals surface area contributed by atoms with Crippen LogP contribution in [0.15, 0.2) is 22.7 Å². The first-order chi connectivity index (χ1) is 8.65. The minimum Gasteiger partial charge on any atom is -0.379 e. The average molecular weight is 317 g/mol. The minimum absolute atomic E-state index is 0.000556. The van der Waals surface area contributed by atoms with E-state index < -0.39 is 0 Å².